The van der Waals surface area contributed by atoms with Gasteiger partial charge in [-0.3, -0.25) is 14.7 Å². The number of aromatic nitrogens is 1. The normalized spacial score (nSPS) is 15.3. The van der Waals surface area contributed by atoms with E-state index in [9.17, 15) is 4.79 Å². The largest absolute Gasteiger partial charge is 0.495 e. The molecule has 0 saturated carbocycles. The Kier molecular flexibility index (Phi) is 4.79. The molecular formula is C21H18ClN3O3. The lowest BCUT2D eigenvalue weighted by Gasteiger charge is -2.27. The number of anilines is 2. The van der Waals surface area contributed by atoms with Crippen molar-refractivity contribution in [3.63, 3.8) is 0 Å². The van der Waals surface area contributed by atoms with Crippen molar-refractivity contribution in [1.29, 1.82) is 0 Å². The van der Waals surface area contributed by atoms with E-state index in [0.717, 1.165) is 5.69 Å². The number of para-hydroxylation sites is 1. The number of rotatable bonds is 5. The molecular weight excluding hydrogens is 378 g/mol. The zero-order valence-corrected chi connectivity index (χ0v) is 16.1. The lowest BCUT2D eigenvalue weighted by molar-refractivity contribution is 0.0993. The Morgan fingerprint density at radius 3 is 2.50 bits per heavy atom. The number of halogens is 1. The minimum Gasteiger partial charge on any atom is -0.495 e. The number of carbonyl (C=O) groups excluding carboxylic acids is 1. The second kappa shape index (κ2) is 7.40. The number of methoxy groups -OCH3 is 2. The van der Waals surface area contributed by atoms with Crippen LogP contribution in [0.2, 0.25) is 5.02 Å². The molecule has 1 N–H and O–H groups in total. The number of benzene rings is 2. The Balaban J connectivity index is 1.80. The van der Waals surface area contributed by atoms with Crippen LogP contribution in [0.15, 0.2) is 60.8 Å². The molecule has 28 heavy (non-hydrogen) atoms. The van der Waals surface area contributed by atoms with Crippen LogP contribution in [-0.4, -0.2) is 25.1 Å². The lowest BCUT2D eigenvalue weighted by atomic mass is 10.2. The van der Waals surface area contributed by atoms with E-state index < -0.39 is 6.17 Å². The van der Waals surface area contributed by atoms with Crippen LogP contribution in [0.25, 0.3) is 0 Å². The summed E-state index contributed by atoms with van der Waals surface area (Å²) in [6.07, 6.45) is 1.16. The maximum atomic E-state index is 13.1. The second-order valence-electron chi connectivity index (χ2n) is 6.18. The van der Waals surface area contributed by atoms with Gasteiger partial charge in [-0.25, -0.2) is 0 Å². The molecule has 0 saturated heterocycles. The van der Waals surface area contributed by atoms with E-state index >= 15 is 0 Å². The van der Waals surface area contributed by atoms with E-state index in [1.807, 2.05) is 30.3 Å². The number of amides is 1. The Labute approximate surface area is 167 Å². The van der Waals surface area contributed by atoms with Gasteiger partial charge in [-0.15, -0.1) is 0 Å². The number of nitrogens with zero attached hydrogens (tertiary/aromatic N) is 2. The fourth-order valence-corrected chi connectivity index (χ4v) is 3.53. The smallest absolute Gasteiger partial charge is 0.262 e. The number of hydrogen-bond acceptors (Lipinski definition) is 5. The summed E-state index contributed by atoms with van der Waals surface area (Å²) in [5.74, 6) is 0.932. The Morgan fingerprint density at radius 1 is 1.04 bits per heavy atom. The van der Waals surface area contributed by atoms with Crippen molar-refractivity contribution in [2.24, 2.45) is 0 Å². The van der Waals surface area contributed by atoms with Gasteiger partial charge < -0.3 is 14.8 Å². The first-order valence-corrected chi connectivity index (χ1v) is 9.03. The third kappa shape index (κ3) is 3.01. The van der Waals surface area contributed by atoms with Crippen LogP contribution in [0, 0.1) is 0 Å². The van der Waals surface area contributed by atoms with Gasteiger partial charge in [0.1, 0.15) is 11.5 Å². The van der Waals surface area contributed by atoms with Gasteiger partial charge >= 0.3 is 0 Å². The molecule has 0 aliphatic carbocycles. The maximum Gasteiger partial charge on any atom is 0.262 e. The number of hydrogen-bond donors (Lipinski definition) is 1. The van der Waals surface area contributed by atoms with Crippen LogP contribution >= 0.6 is 11.6 Å². The highest BCUT2D eigenvalue weighted by Gasteiger charge is 2.39. The highest BCUT2D eigenvalue weighted by atomic mass is 35.5. The van der Waals surface area contributed by atoms with Crippen LogP contribution in [0.1, 0.15) is 22.2 Å². The minimum absolute atomic E-state index is 0.120. The van der Waals surface area contributed by atoms with E-state index in [1.54, 1.807) is 49.6 Å². The van der Waals surface area contributed by atoms with Gasteiger partial charge in [0.2, 0.25) is 0 Å². The van der Waals surface area contributed by atoms with Crippen LogP contribution in [0.5, 0.6) is 11.5 Å². The summed E-state index contributed by atoms with van der Waals surface area (Å²) in [4.78, 5) is 19.2. The van der Waals surface area contributed by atoms with Gasteiger partial charge in [-0.05, 0) is 30.3 Å². The second-order valence-corrected chi connectivity index (χ2v) is 6.59. The Morgan fingerprint density at radius 2 is 1.79 bits per heavy atom. The first-order chi connectivity index (χ1) is 13.6. The van der Waals surface area contributed by atoms with Crippen molar-refractivity contribution in [2.75, 3.05) is 24.4 Å². The Hall–Kier alpha value is -3.25. The molecule has 4 rings (SSSR count). The van der Waals surface area contributed by atoms with Crippen LogP contribution in [0.3, 0.4) is 0 Å². The molecule has 7 heteroatoms. The fourth-order valence-electron chi connectivity index (χ4n) is 3.29. The topological polar surface area (TPSA) is 63.7 Å². The molecule has 2 heterocycles. The molecule has 0 spiro atoms. The first-order valence-electron chi connectivity index (χ1n) is 8.65. The number of pyridine rings is 1. The van der Waals surface area contributed by atoms with Gasteiger partial charge in [0.05, 0.1) is 36.2 Å². The summed E-state index contributed by atoms with van der Waals surface area (Å²) < 4.78 is 10.7. The zero-order valence-electron chi connectivity index (χ0n) is 15.3. The molecule has 142 valence electrons. The third-order valence-corrected chi connectivity index (χ3v) is 4.90. The van der Waals surface area contributed by atoms with Crippen molar-refractivity contribution < 1.29 is 14.3 Å². The molecule has 2 aromatic carbocycles. The van der Waals surface area contributed by atoms with E-state index in [2.05, 4.69) is 10.3 Å². The fraction of sp³-hybridized carbons (Fsp3) is 0.143. The summed E-state index contributed by atoms with van der Waals surface area (Å²) in [6, 6.07) is 16.4. The molecule has 0 fully saturated rings. The predicted octanol–water partition coefficient (Wildman–Crippen LogP) is 4.52. The number of fused-ring (bicyclic) bond motifs is 1. The molecule has 0 radical (unpaired) electrons. The number of carbonyl (C=O) groups is 1. The maximum absolute atomic E-state index is 13.1. The monoisotopic (exact) mass is 395 g/mol. The predicted molar refractivity (Wildman–Crippen MR) is 108 cm³/mol. The standard InChI is InChI=1S/C21H18ClN3O3/c1-27-17-12-18(28-2)16(11-15(17)22)24-20-19-14(9-6-10-23-19)21(26)25(20)13-7-4-3-5-8-13/h3-12,20,24H,1-2H3. The molecule has 1 aliphatic heterocycles. The lowest BCUT2D eigenvalue weighted by Crippen LogP contribution is -2.32. The third-order valence-electron chi connectivity index (χ3n) is 4.61. The van der Waals surface area contributed by atoms with Gasteiger partial charge in [0.15, 0.2) is 6.17 Å². The van der Waals surface area contributed by atoms with Gasteiger partial charge in [0.25, 0.3) is 5.91 Å². The van der Waals surface area contributed by atoms with Gasteiger partial charge in [-0.1, -0.05) is 29.8 Å². The first kappa shape index (κ1) is 18.1. The van der Waals surface area contributed by atoms with Gasteiger partial charge in [-0.2, -0.15) is 0 Å². The van der Waals surface area contributed by atoms with E-state index in [1.165, 1.54) is 0 Å². The average molecular weight is 396 g/mol. The molecule has 6 nitrogen and oxygen atoms in total. The van der Waals surface area contributed by atoms with Crippen molar-refractivity contribution in [1.82, 2.24) is 4.98 Å². The van der Waals surface area contributed by atoms with E-state index in [4.69, 9.17) is 21.1 Å². The molecule has 3 aromatic rings. The summed E-state index contributed by atoms with van der Waals surface area (Å²) in [6.45, 7) is 0. The zero-order chi connectivity index (χ0) is 19.7. The highest BCUT2D eigenvalue weighted by Crippen LogP contribution is 2.41. The average Bonchev–Trinajstić information content (AvgIpc) is 3.01. The van der Waals surface area contributed by atoms with Crippen molar-refractivity contribution in [3.05, 3.63) is 77.1 Å². The van der Waals surface area contributed by atoms with E-state index in [0.29, 0.717) is 33.5 Å². The van der Waals surface area contributed by atoms with E-state index in [-0.39, 0.29) is 5.91 Å². The summed E-state index contributed by atoms with van der Waals surface area (Å²) in [7, 11) is 3.11. The molecule has 1 amide bonds. The number of ether oxygens (including phenoxy) is 2. The van der Waals surface area contributed by atoms with Crippen molar-refractivity contribution in [3.8, 4) is 11.5 Å². The van der Waals surface area contributed by atoms with Crippen molar-refractivity contribution in [2.45, 2.75) is 6.17 Å². The molecule has 1 aromatic heterocycles. The minimum atomic E-state index is -0.510. The molecule has 1 unspecified atom stereocenters. The van der Waals surface area contributed by atoms with Crippen molar-refractivity contribution >= 4 is 28.9 Å². The van der Waals surface area contributed by atoms with Gasteiger partial charge in [0, 0.05) is 18.0 Å². The summed E-state index contributed by atoms with van der Waals surface area (Å²) >= 11 is 6.31. The number of nitrogens with one attached hydrogen (secondary N) is 1. The summed E-state index contributed by atoms with van der Waals surface area (Å²) in [5.41, 5.74) is 2.60. The molecule has 0 bridgehead atoms. The van der Waals surface area contributed by atoms with Crippen LogP contribution in [0.4, 0.5) is 11.4 Å². The Bertz CT molecular complexity index is 1030. The molecule has 1 aliphatic rings. The quantitative estimate of drug-likeness (QED) is 0.688. The summed E-state index contributed by atoms with van der Waals surface area (Å²) in [5, 5.41) is 3.80. The highest BCUT2D eigenvalue weighted by molar-refractivity contribution is 6.32. The van der Waals surface area contributed by atoms with Crippen LogP contribution in [-0.2, 0) is 0 Å². The SMILES string of the molecule is COc1cc(OC)c(NC2c3ncccc3C(=O)N2c2ccccc2)cc1Cl. The van der Waals surface area contributed by atoms with Crippen LogP contribution < -0.4 is 19.7 Å². The molecule has 1 atom stereocenters.